The molecule has 0 spiro atoms. The summed E-state index contributed by atoms with van der Waals surface area (Å²) in [6, 6.07) is 0. The van der Waals surface area contributed by atoms with Gasteiger partial charge in [0.25, 0.3) is 0 Å². The van der Waals surface area contributed by atoms with Gasteiger partial charge in [-0.1, -0.05) is 55.4 Å². The Bertz CT molecular complexity index is 200. The van der Waals surface area contributed by atoms with E-state index in [4.69, 9.17) is 0 Å². The Hall–Kier alpha value is 0.519. The van der Waals surface area contributed by atoms with Gasteiger partial charge in [0.2, 0.25) is 0 Å². The van der Waals surface area contributed by atoms with Gasteiger partial charge in [-0.25, -0.2) is 0 Å². The van der Waals surface area contributed by atoms with E-state index in [0.29, 0.717) is 0 Å². The summed E-state index contributed by atoms with van der Waals surface area (Å²) in [6.07, 6.45) is 4.48. The zero-order valence-electron chi connectivity index (χ0n) is 13.5. The monoisotopic (exact) mass is 297 g/mol. The second-order valence-electron chi connectivity index (χ2n) is 5.52. The van der Waals surface area contributed by atoms with E-state index in [-0.39, 0.29) is 17.1 Å². The van der Waals surface area contributed by atoms with Gasteiger partial charge >= 0.3 is 0 Å². The topological polar surface area (TPSA) is 0 Å². The van der Waals surface area contributed by atoms with Crippen LogP contribution in [0.15, 0.2) is 0 Å². The molecule has 0 aromatic heterocycles. The van der Waals surface area contributed by atoms with Crippen LogP contribution in [0.2, 0.25) is 0 Å². The van der Waals surface area contributed by atoms with Crippen molar-refractivity contribution in [3.63, 3.8) is 0 Å². The van der Waals surface area contributed by atoms with Crippen molar-refractivity contribution in [1.82, 2.24) is 0 Å². The van der Waals surface area contributed by atoms with Crippen LogP contribution in [0.1, 0.15) is 55.4 Å². The van der Waals surface area contributed by atoms with E-state index in [1.54, 1.807) is 0 Å². The first-order valence-corrected chi connectivity index (χ1v) is 6.65. The smallest absolute Gasteiger partial charge is 0 e. The summed E-state index contributed by atoms with van der Waals surface area (Å²) < 4.78 is 0. The first-order valence-electron chi connectivity index (χ1n) is 6.65. The fourth-order valence-electron chi connectivity index (χ4n) is 2.27. The maximum atomic E-state index is 2.24. The van der Waals surface area contributed by atoms with Crippen molar-refractivity contribution in [3.8, 4) is 0 Å². The Morgan fingerprint density at radius 3 is 0.632 bits per heavy atom. The maximum absolute atomic E-state index is 2.24. The summed E-state index contributed by atoms with van der Waals surface area (Å²) in [5, 5.41) is 0. The van der Waals surface area contributed by atoms with Gasteiger partial charge in [-0.05, 0) is 60.2 Å². The molecule has 105 valence electrons. The minimum Gasteiger partial charge on any atom is -0.0582 e. The zero-order valence-corrected chi connectivity index (χ0v) is 14.7. The van der Waals surface area contributed by atoms with Crippen LogP contribution in [0.3, 0.4) is 0 Å². The minimum absolute atomic E-state index is 0. The van der Waals surface area contributed by atoms with Crippen molar-refractivity contribution in [3.05, 3.63) is 60.2 Å². The molecule has 0 aromatic rings. The largest absolute Gasteiger partial charge is 0.0582 e. The summed E-state index contributed by atoms with van der Waals surface area (Å²) in [5.74, 6) is 11.5. The Labute approximate surface area is 133 Å². The molecule has 0 atom stereocenters. The van der Waals surface area contributed by atoms with Crippen molar-refractivity contribution >= 4 is 0 Å². The third-order valence-electron chi connectivity index (χ3n) is 4.36. The summed E-state index contributed by atoms with van der Waals surface area (Å²) >= 11 is 0. The SMILES string of the molecule is C[C]1[CH][C](C)[C](C)[C]1C.C[C]1[CH][C](C)[C](C)[C]1C.[Mn]. The van der Waals surface area contributed by atoms with Crippen LogP contribution in [-0.4, -0.2) is 0 Å². The molecule has 0 amide bonds. The van der Waals surface area contributed by atoms with Crippen LogP contribution in [0.5, 0.6) is 0 Å². The van der Waals surface area contributed by atoms with Crippen molar-refractivity contribution in [1.29, 1.82) is 0 Å². The molecule has 2 fully saturated rings. The fraction of sp³-hybridized carbons (Fsp3) is 0.444. The van der Waals surface area contributed by atoms with Crippen molar-refractivity contribution in [2.24, 2.45) is 0 Å². The van der Waals surface area contributed by atoms with E-state index in [1.807, 2.05) is 0 Å². The summed E-state index contributed by atoms with van der Waals surface area (Å²) in [7, 11) is 0. The van der Waals surface area contributed by atoms with E-state index < -0.39 is 0 Å². The molecule has 2 aliphatic carbocycles. The summed E-state index contributed by atoms with van der Waals surface area (Å²) in [4.78, 5) is 0. The van der Waals surface area contributed by atoms with Crippen LogP contribution < -0.4 is 0 Å². The van der Waals surface area contributed by atoms with E-state index in [9.17, 15) is 0 Å². The van der Waals surface area contributed by atoms with Gasteiger partial charge in [-0.2, -0.15) is 0 Å². The predicted molar refractivity (Wildman–Crippen MR) is 79.9 cm³/mol. The first kappa shape index (κ1) is 19.5. The molecule has 0 aromatic carbocycles. The van der Waals surface area contributed by atoms with Crippen LogP contribution >= 0.6 is 0 Å². The molecule has 0 heterocycles. The summed E-state index contributed by atoms with van der Waals surface area (Å²) in [5.41, 5.74) is 0. The molecule has 2 saturated carbocycles. The van der Waals surface area contributed by atoms with Crippen LogP contribution in [0.25, 0.3) is 0 Å². The van der Waals surface area contributed by atoms with Gasteiger partial charge in [-0.15, -0.1) is 0 Å². The van der Waals surface area contributed by atoms with Gasteiger partial charge in [0, 0.05) is 17.1 Å². The number of hydrogen-bond donors (Lipinski definition) is 0. The van der Waals surface area contributed by atoms with E-state index in [0.717, 1.165) is 0 Å². The molecule has 0 bridgehead atoms. The van der Waals surface area contributed by atoms with Crippen LogP contribution in [0, 0.1) is 60.2 Å². The molecular weight excluding hydrogens is 271 g/mol. The molecule has 0 saturated heterocycles. The molecule has 2 aliphatic rings. The van der Waals surface area contributed by atoms with Crippen molar-refractivity contribution < 1.29 is 17.1 Å². The maximum Gasteiger partial charge on any atom is 0 e. The third-order valence-corrected chi connectivity index (χ3v) is 4.36. The van der Waals surface area contributed by atoms with Gasteiger partial charge in [0.05, 0.1) is 0 Å². The van der Waals surface area contributed by atoms with Crippen LogP contribution in [-0.2, 0) is 17.1 Å². The van der Waals surface area contributed by atoms with E-state index >= 15 is 0 Å². The molecule has 19 heavy (non-hydrogen) atoms. The molecule has 11 radical (unpaired) electrons. The molecule has 0 nitrogen and oxygen atoms in total. The minimum atomic E-state index is 0. The molecule has 2 rings (SSSR count). The molecule has 0 aliphatic heterocycles. The third kappa shape index (κ3) is 4.78. The second kappa shape index (κ2) is 8.08. The van der Waals surface area contributed by atoms with Gasteiger partial charge in [0.15, 0.2) is 0 Å². The van der Waals surface area contributed by atoms with E-state index in [1.165, 1.54) is 47.3 Å². The molecule has 0 N–H and O–H groups in total. The quantitative estimate of drug-likeness (QED) is 0.542. The summed E-state index contributed by atoms with van der Waals surface area (Å²) in [6.45, 7) is 17.4. The van der Waals surface area contributed by atoms with E-state index in [2.05, 4.69) is 68.2 Å². The normalized spacial score (nSPS) is 26.5. The Kier molecular flexibility index (Phi) is 8.30. The van der Waals surface area contributed by atoms with Crippen molar-refractivity contribution in [2.75, 3.05) is 0 Å². The number of hydrogen-bond acceptors (Lipinski definition) is 0. The average molecular weight is 297 g/mol. The average Bonchev–Trinajstić information content (AvgIpc) is 2.66. The van der Waals surface area contributed by atoms with Gasteiger partial charge in [-0.3, -0.25) is 0 Å². The molecule has 0 unspecified atom stereocenters. The number of rotatable bonds is 0. The second-order valence-corrected chi connectivity index (χ2v) is 5.52. The van der Waals surface area contributed by atoms with Gasteiger partial charge in [0.1, 0.15) is 0 Å². The van der Waals surface area contributed by atoms with Crippen molar-refractivity contribution in [2.45, 2.75) is 55.4 Å². The fourth-order valence-corrected chi connectivity index (χ4v) is 2.27. The van der Waals surface area contributed by atoms with Crippen LogP contribution in [0.4, 0.5) is 0 Å². The Morgan fingerprint density at radius 1 is 0.421 bits per heavy atom. The zero-order chi connectivity index (χ0) is 14.0. The predicted octanol–water partition coefficient (Wildman–Crippen LogP) is 5.16. The first-order chi connectivity index (χ1) is 8.25. The molecular formula is C18H26Mn. The molecule has 1 heteroatoms. The standard InChI is InChI=1S/2C9H13.Mn/c2*1-6-5-7(2)9(4)8(6)3;/h2*5H,1-4H3;. The van der Waals surface area contributed by atoms with Gasteiger partial charge < -0.3 is 0 Å². The Balaban J connectivity index is 0.000000324. The Morgan fingerprint density at radius 2 is 0.579 bits per heavy atom.